The maximum atomic E-state index is 2.52. The van der Waals surface area contributed by atoms with Gasteiger partial charge in [-0.05, 0) is 86.4 Å². The van der Waals surface area contributed by atoms with Crippen molar-refractivity contribution in [2.75, 3.05) is 14.1 Å². The van der Waals surface area contributed by atoms with Crippen LogP contribution in [0.25, 0.3) is 0 Å². The highest BCUT2D eigenvalue weighted by Gasteiger charge is 2.42. The number of hydrogen-bond acceptors (Lipinski definition) is 1. The molecule has 0 spiro atoms. The summed E-state index contributed by atoms with van der Waals surface area (Å²) in [7, 11) is 3.46. The molecule has 1 aliphatic rings. The van der Waals surface area contributed by atoms with E-state index in [4.69, 9.17) is 0 Å². The SMILES string of the molecule is CN(C)[C@H](c1ccccc1P(c1ccccc1)c1ccccc1)C1CCC[C@H]1P(c1ccccc1)c1ccccc1. The summed E-state index contributed by atoms with van der Waals surface area (Å²) in [6, 6.07) is 54.8. The highest BCUT2D eigenvalue weighted by atomic mass is 31.1. The van der Waals surface area contributed by atoms with Gasteiger partial charge in [-0.3, -0.25) is 0 Å². The van der Waals surface area contributed by atoms with Crippen LogP contribution in [0.1, 0.15) is 30.9 Å². The van der Waals surface area contributed by atoms with E-state index in [9.17, 15) is 0 Å². The first-order chi connectivity index (χ1) is 20.2. The van der Waals surface area contributed by atoms with E-state index in [1.54, 1.807) is 0 Å². The fourth-order valence-electron chi connectivity index (χ4n) is 6.78. The Morgan fingerprint density at radius 3 is 1.46 bits per heavy atom. The van der Waals surface area contributed by atoms with Crippen molar-refractivity contribution in [1.82, 2.24) is 4.90 Å². The van der Waals surface area contributed by atoms with Gasteiger partial charge in [0.05, 0.1) is 0 Å². The molecule has 1 aliphatic carbocycles. The Hall–Kier alpha value is -3.08. The summed E-state index contributed by atoms with van der Waals surface area (Å²) in [4.78, 5) is 2.52. The zero-order valence-electron chi connectivity index (χ0n) is 24.1. The third-order valence-electron chi connectivity index (χ3n) is 8.42. The molecule has 41 heavy (non-hydrogen) atoms. The van der Waals surface area contributed by atoms with Crippen LogP contribution in [0.4, 0.5) is 0 Å². The zero-order chi connectivity index (χ0) is 28.0. The third kappa shape index (κ3) is 6.10. The first kappa shape index (κ1) is 28.1. The molecule has 5 aromatic carbocycles. The fourth-order valence-corrected chi connectivity index (χ4v) is 12.5. The van der Waals surface area contributed by atoms with Gasteiger partial charge in [0.15, 0.2) is 0 Å². The highest BCUT2D eigenvalue weighted by molar-refractivity contribution is 7.80. The largest absolute Gasteiger partial charge is 0.302 e. The molecule has 0 aliphatic heterocycles. The van der Waals surface area contributed by atoms with Crippen LogP contribution in [0.5, 0.6) is 0 Å². The van der Waals surface area contributed by atoms with Crippen molar-refractivity contribution in [2.45, 2.75) is 31.0 Å². The molecule has 1 unspecified atom stereocenters. The van der Waals surface area contributed by atoms with Gasteiger partial charge in [0.2, 0.25) is 0 Å². The molecule has 1 saturated carbocycles. The third-order valence-corrected chi connectivity index (χ3v) is 14.0. The second kappa shape index (κ2) is 13.3. The van der Waals surface area contributed by atoms with Crippen molar-refractivity contribution < 1.29 is 0 Å². The van der Waals surface area contributed by atoms with Crippen molar-refractivity contribution >= 4 is 42.4 Å². The maximum absolute atomic E-state index is 2.52. The first-order valence-electron chi connectivity index (χ1n) is 14.8. The average Bonchev–Trinajstić information content (AvgIpc) is 3.49. The second-order valence-electron chi connectivity index (χ2n) is 11.2. The van der Waals surface area contributed by atoms with Gasteiger partial charge in [-0.1, -0.05) is 152 Å². The highest BCUT2D eigenvalue weighted by Crippen LogP contribution is 2.54. The molecule has 0 aromatic heterocycles. The standard InChI is InChI=1S/C38H39NP2/c1-39(2)38(35-27-17-29-37(35)41(32-22-11-5-12-23-32)33-24-13-6-14-25-33)34-26-15-16-28-36(34)40(30-18-7-3-8-19-30)31-20-9-4-10-21-31/h3-16,18-26,28,35,37-38H,17,27,29H2,1-2H3/t35?,37-,38-/m1/s1. The predicted octanol–water partition coefficient (Wildman–Crippen LogP) is 7.35. The van der Waals surface area contributed by atoms with E-state index in [1.165, 1.54) is 51.3 Å². The summed E-state index contributed by atoms with van der Waals surface area (Å²) >= 11 is 0. The van der Waals surface area contributed by atoms with E-state index in [0.717, 1.165) is 0 Å². The molecule has 0 N–H and O–H groups in total. The van der Waals surface area contributed by atoms with E-state index in [-0.39, 0.29) is 0 Å². The van der Waals surface area contributed by atoms with Crippen LogP contribution in [0.2, 0.25) is 0 Å². The van der Waals surface area contributed by atoms with E-state index in [0.29, 0.717) is 17.6 Å². The number of hydrogen-bond donors (Lipinski definition) is 0. The van der Waals surface area contributed by atoms with Crippen LogP contribution in [-0.4, -0.2) is 24.7 Å². The summed E-state index contributed by atoms with van der Waals surface area (Å²) in [5, 5.41) is 7.34. The lowest BCUT2D eigenvalue weighted by Gasteiger charge is -2.39. The van der Waals surface area contributed by atoms with Gasteiger partial charge in [-0.15, -0.1) is 0 Å². The number of rotatable bonds is 9. The van der Waals surface area contributed by atoms with Crippen molar-refractivity contribution in [3.8, 4) is 0 Å². The van der Waals surface area contributed by atoms with Crippen LogP contribution in [-0.2, 0) is 0 Å². The molecule has 0 amide bonds. The smallest absolute Gasteiger partial charge is 0.0383 e. The Bertz CT molecular complexity index is 1430. The molecule has 6 rings (SSSR count). The van der Waals surface area contributed by atoms with Gasteiger partial charge < -0.3 is 4.90 Å². The average molecular weight is 572 g/mol. The molecular weight excluding hydrogens is 532 g/mol. The lowest BCUT2D eigenvalue weighted by molar-refractivity contribution is 0.218. The van der Waals surface area contributed by atoms with Crippen molar-refractivity contribution in [1.29, 1.82) is 0 Å². The molecule has 0 saturated heterocycles. The minimum Gasteiger partial charge on any atom is -0.302 e. The fraction of sp³-hybridized carbons (Fsp3) is 0.211. The van der Waals surface area contributed by atoms with Gasteiger partial charge >= 0.3 is 0 Å². The van der Waals surface area contributed by atoms with Crippen molar-refractivity contribution in [2.24, 2.45) is 5.92 Å². The molecule has 3 atom stereocenters. The van der Waals surface area contributed by atoms with E-state index in [2.05, 4.69) is 165 Å². The normalized spacial score (nSPS) is 17.8. The summed E-state index contributed by atoms with van der Waals surface area (Å²) < 4.78 is 0. The molecule has 0 bridgehead atoms. The van der Waals surface area contributed by atoms with E-state index < -0.39 is 15.8 Å². The Morgan fingerprint density at radius 2 is 0.976 bits per heavy atom. The van der Waals surface area contributed by atoms with E-state index >= 15 is 0 Å². The van der Waals surface area contributed by atoms with Crippen LogP contribution >= 0.6 is 15.8 Å². The van der Waals surface area contributed by atoms with Crippen LogP contribution in [0, 0.1) is 5.92 Å². The Labute approximate surface area is 248 Å². The quantitative estimate of drug-likeness (QED) is 0.167. The molecule has 3 heteroatoms. The molecule has 0 radical (unpaired) electrons. The van der Waals surface area contributed by atoms with Gasteiger partial charge in [0, 0.05) is 6.04 Å². The predicted molar refractivity (Wildman–Crippen MR) is 182 cm³/mol. The minimum atomic E-state index is -0.677. The molecule has 0 heterocycles. The van der Waals surface area contributed by atoms with Crippen molar-refractivity contribution in [3.63, 3.8) is 0 Å². The van der Waals surface area contributed by atoms with Gasteiger partial charge in [0.25, 0.3) is 0 Å². The maximum Gasteiger partial charge on any atom is 0.0383 e. The molecular formula is C38H39NP2. The summed E-state index contributed by atoms with van der Waals surface area (Å²) in [5.41, 5.74) is 2.14. The first-order valence-corrected chi connectivity index (χ1v) is 17.5. The van der Waals surface area contributed by atoms with Gasteiger partial charge in [0.1, 0.15) is 0 Å². The van der Waals surface area contributed by atoms with Crippen LogP contribution in [0.15, 0.2) is 146 Å². The monoisotopic (exact) mass is 571 g/mol. The van der Waals surface area contributed by atoms with Crippen LogP contribution < -0.4 is 26.5 Å². The van der Waals surface area contributed by atoms with Crippen molar-refractivity contribution in [3.05, 3.63) is 151 Å². The second-order valence-corrected chi connectivity index (χ2v) is 15.8. The lowest BCUT2D eigenvalue weighted by Crippen LogP contribution is -2.37. The molecule has 206 valence electrons. The molecule has 1 nitrogen and oxygen atoms in total. The van der Waals surface area contributed by atoms with Gasteiger partial charge in [-0.25, -0.2) is 0 Å². The number of benzene rings is 5. The Morgan fingerprint density at radius 1 is 0.537 bits per heavy atom. The summed E-state index contributed by atoms with van der Waals surface area (Å²) in [5.74, 6) is 0.584. The Balaban J connectivity index is 1.47. The Kier molecular flexibility index (Phi) is 9.08. The number of nitrogens with zero attached hydrogens (tertiary/aromatic N) is 1. The van der Waals surface area contributed by atoms with E-state index in [1.807, 2.05) is 0 Å². The van der Waals surface area contributed by atoms with Crippen LogP contribution in [0.3, 0.4) is 0 Å². The zero-order valence-corrected chi connectivity index (χ0v) is 25.8. The topological polar surface area (TPSA) is 3.24 Å². The minimum absolute atomic E-state index is 0.355. The lowest BCUT2D eigenvalue weighted by atomic mass is 9.90. The summed E-state index contributed by atoms with van der Waals surface area (Å²) in [6.45, 7) is 0. The molecule has 5 aromatic rings. The summed E-state index contributed by atoms with van der Waals surface area (Å²) in [6.07, 6.45) is 3.86. The van der Waals surface area contributed by atoms with Gasteiger partial charge in [-0.2, -0.15) is 0 Å². The molecule has 1 fully saturated rings.